The SMILES string of the molecule is CN(C)C/C=C/C(=O)Nc1ccc(C(=O)N[C@@H]2C[C@@H](Nc3ncc(Cl)c(-c4c[nH]c5ccccc45)n3)CN(C(=O)OCc3ccccc3)C2)cc1.CN(C)C/C=C/C(=O)Nc1ccc(C(=O)N[C@H]2CCC[C@H](Nc3ncc(Cl)c(-c4c[nH]c5ccccc45)n3)C2)cc1. The molecule has 1 saturated carbocycles. The van der Waals surface area contributed by atoms with Crippen molar-refractivity contribution >= 4 is 98.0 Å². The number of hydrogen-bond acceptors (Lipinski definition) is 14. The summed E-state index contributed by atoms with van der Waals surface area (Å²) in [7, 11) is 7.71. The molecule has 1 aliphatic heterocycles. The minimum Gasteiger partial charge on any atom is -0.445 e. The van der Waals surface area contributed by atoms with E-state index in [9.17, 15) is 24.0 Å². The topological polar surface area (TPSA) is 260 Å². The largest absolute Gasteiger partial charge is 0.445 e. The Bertz CT molecular complexity index is 4080. The number of carbonyl (C=O) groups is 5. The maximum Gasteiger partial charge on any atom is 0.410 e. The van der Waals surface area contributed by atoms with E-state index in [1.165, 1.54) is 12.2 Å². The average Bonchev–Trinajstić information content (AvgIpc) is 1.68. The summed E-state index contributed by atoms with van der Waals surface area (Å²) in [4.78, 5) is 94.4. The Labute approximate surface area is 543 Å². The highest BCUT2D eigenvalue weighted by Gasteiger charge is 2.33. The maximum atomic E-state index is 13.4. The van der Waals surface area contributed by atoms with Gasteiger partial charge in [-0.1, -0.05) is 102 Å². The van der Waals surface area contributed by atoms with Crippen molar-refractivity contribution in [2.45, 2.75) is 62.9 Å². The number of halogens is 2. The van der Waals surface area contributed by atoms with E-state index < -0.39 is 12.1 Å². The Kier molecular flexibility index (Phi) is 22.1. The maximum absolute atomic E-state index is 13.4. The predicted octanol–water partition coefficient (Wildman–Crippen LogP) is 11.4. The molecule has 5 heterocycles. The molecule has 8 N–H and O–H groups in total. The second-order valence-corrected chi connectivity index (χ2v) is 23.9. The third-order valence-corrected chi connectivity index (χ3v) is 16.0. The molecule has 23 heteroatoms. The number of likely N-dealkylation sites (N-methyl/N-ethyl adjacent to an activating group) is 2. The number of likely N-dealkylation sites (tertiary alicyclic amines) is 1. The van der Waals surface area contributed by atoms with Crippen LogP contribution in [0.2, 0.25) is 10.0 Å². The number of piperidine rings is 1. The molecule has 92 heavy (non-hydrogen) atoms. The van der Waals surface area contributed by atoms with Crippen molar-refractivity contribution in [3.05, 3.63) is 203 Å². The molecule has 474 valence electrons. The lowest BCUT2D eigenvalue weighted by Gasteiger charge is -2.37. The molecule has 2 fully saturated rings. The van der Waals surface area contributed by atoms with Crippen molar-refractivity contribution in [3.8, 4) is 22.5 Å². The Morgan fingerprint density at radius 1 is 0.576 bits per heavy atom. The van der Waals surface area contributed by atoms with Crippen LogP contribution >= 0.6 is 23.2 Å². The van der Waals surface area contributed by atoms with Crippen molar-refractivity contribution in [3.63, 3.8) is 0 Å². The van der Waals surface area contributed by atoms with Crippen LogP contribution in [0.15, 0.2) is 176 Å². The molecule has 21 nitrogen and oxygen atoms in total. The van der Waals surface area contributed by atoms with Gasteiger partial charge in [0, 0.05) is 130 Å². The van der Waals surface area contributed by atoms with Crippen LogP contribution in [0.5, 0.6) is 0 Å². The first-order valence-electron chi connectivity index (χ1n) is 30.3. The van der Waals surface area contributed by atoms with E-state index in [-0.39, 0.29) is 54.9 Å². The van der Waals surface area contributed by atoms with Crippen LogP contribution in [0.3, 0.4) is 0 Å². The number of benzene rings is 5. The highest BCUT2D eigenvalue weighted by atomic mass is 35.5. The van der Waals surface area contributed by atoms with Crippen LogP contribution in [0.25, 0.3) is 44.3 Å². The van der Waals surface area contributed by atoms with Crippen molar-refractivity contribution in [1.29, 1.82) is 0 Å². The molecule has 0 unspecified atom stereocenters. The standard InChI is InChI=1S/C38H39ClN8O4.C31H34ClN7O2/c1-46(2)18-8-13-34(48)42-27-16-14-26(15-17-27)36(49)43-28-19-29(23-47(22-28)38(50)51-24-25-9-4-3-5-10-25)44-37-41-21-32(39)35(45-37)31-20-40-33-12-7-6-11-30(31)33;1-39(2)16-6-11-28(40)35-21-14-12-20(13-15-21)30(41)36-22-7-5-8-23(17-22)37-31-34-19-26(32)29(38-31)25-18-33-27-10-4-3-9-24(25)27/h3-17,20-21,28-29,40H,18-19,22-24H2,1-2H3,(H,42,48)(H,43,49)(H,41,44,45);3-4,6,9-15,18-19,22-23,33H,5,7-8,16-17H2,1-2H3,(H,35,40)(H,36,41)(H,34,37,38)/b13-8+;11-6+/t28-,29-;22-,23-/m10/s1. The van der Waals surface area contributed by atoms with Gasteiger partial charge in [-0.15, -0.1) is 0 Å². The fraction of sp³-hybridized carbons (Fsp3) is 0.261. The fourth-order valence-corrected chi connectivity index (χ4v) is 11.3. The summed E-state index contributed by atoms with van der Waals surface area (Å²) in [5.41, 5.74) is 8.01. The molecule has 0 spiro atoms. The number of carbonyl (C=O) groups excluding carboxylic acids is 5. The van der Waals surface area contributed by atoms with E-state index in [2.05, 4.69) is 51.8 Å². The summed E-state index contributed by atoms with van der Waals surface area (Å²) < 4.78 is 5.66. The second-order valence-electron chi connectivity index (χ2n) is 23.1. The minimum absolute atomic E-state index is 0.0235. The Morgan fingerprint density at radius 2 is 1.03 bits per heavy atom. The minimum atomic E-state index is -0.499. The first-order chi connectivity index (χ1) is 44.6. The van der Waals surface area contributed by atoms with Crippen LogP contribution in [0.4, 0.5) is 28.1 Å². The van der Waals surface area contributed by atoms with E-state index in [0.717, 1.165) is 64.2 Å². The van der Waals surface area contributed by atoms with Gasteiger partial charge in [-0.3, -0.25) is 19.2 Å². The molecule has 11 rings (SSSR count). The molecular weight excluding hydrogens is 1210 g/mol. The monoisotopic (exact) mass is 1280 g/mol. The molecule has 0 radical (unpaired) electrons. The summed E-state index contributed by atoms with van der Waals surface area (Å²) >= 11 is 13.1. The molecular formula is C69H73Cl2N15O6. The van der Waals surface area contributed by atoms with Crippen molar-refractivity contribution in [2.24, 2.45) is 0 Å². The Balaban J connectivity index is 0.000000206. The van der Waals surface area contributed by atoms with Gasteiger partial charge in [0.05, 0.1) is 33.8 Å². The lowest BCUT2D eigenvalue weighted by Crippen LogP contribution is -2.56. The number of fused-ring (bicyclic) bond motifs is 2. The number of para-hydroxylation sites is 2. The van der Waals surface area contributed by atoms with E-state index in [4.69, 9.17) is 37.9 Å². The average molecular weight is 1280 g/mol. The number of aromatic nitrogens is 6. The van der Waals surface area contributed by atoms with Crippen molar-refractivity contribution in [2.75, 3.05) is 75.6 Å². The van der Waals surface area contributed by atoms with E-state index in [0.29, 0.717) is 81.9 Å². The summed E-state index contributed by atoms with van der Waals surface area (Å²) in [6, 6.07) is 38.3. The molecule has 4 aromatic heterocycles. The molecule has 5 aromatic carbocycles. The fourth-order valence-electron chi connectivity index (χ4n) is 10.9. The summed E-state index contributed by atoms with van der Waals surface area (Å²) in [6.45, 7) is 1.99. The van der Waals surface area contributed by atoms with Crippen LogP contribution in [0.1, 0.15) is 58.4 Å². The summed E-state index contributed by atoms with van der Waals surface area (Å²) in [5.74, 6) is -0.0604. The van der Waals surface area contributed by atoms with E-state index in [1.54, 1.807) is 78.0 Å². The van der Waals surface area contributed by atoms with Crippen molar-refractivity contribution in [1.82, 2.24) is 55.2 Å². The molecule has 4 atom stereocenters. The van der Waals surface area contributed by atoms with Gasteiger partial charge in [0.1, 0.15) is 6.61 Å². The number of H-pyrrole nitrogens is 2. The number of aromatic amines is 2. The van der Waals surface area contributed by atoms with Gasteiger partial charge in [-0.2, -0.15) is 0 Å². The van der Waals surface area contributed by atoms with Gasteiger partial charge < -0.3 is 61.3 Å². The Hall–Kier alpha value is -9.93. The smallest absolute Gasteiger partial charge is 0.410 e. The van der Waals surface area contributed by atoms with Crippen LogP contribution in [-0.4, -0.2) is 153 Å². The number of ether oxygens (including phenoxy) is 1. The van der Waals surface area contributed by atoms with E-state index >= 15 is 0 Å². The first kappa shape index (κ1) is 65.0. The van der Waals surface area contributed by atoms with E-state index in [1.807, 2.05) is 129 Å². The zero-order valence-corrected chi connectivity index (χ0v) is 53.0. The summed E-state index contributed by atoms with van der Waals surface area (Å²) in [6.07, 6.45) is 17.1. The van der Waals surface area contributed by atoms with Crippen LogP contribution in [0, 0.1) is 0 Å². The predicted molar refractivity (Wildman–Crippen MR) is 363 cm³/mol. The van der Waals surface area contributed by atoms with Gasteiger partial charge in [-0.05, 0) is 127 Å². The number of amides is 5. The second kappa shape index (κ2) is 31.2. The van der Waals surface area contributed by atoms with Crippen molar-refractivity contribution < 1.29 is 28.7 Å². The summed E-state index contributed by atoms with van der Waals surface area (Å²) in [5, 5.41) is 21.6. The van der Waals surface area contributed by atoms with Gasteiger partial charge in [0.15, 0.2) is 0 Å². The number of nitrogens with one attached hydrogen (secondary N) is 8. The van der Waals surface area contributed by atoms with Gasteiger partial charge in [-0.25, -0.2) is 24.7 Å². The van der Waals surface area contributed by atoms with Gasteiger partial charge >= 0.3 is 6.09 Å². The quantitative estimate of drug-likeness (QED) is 0.0330. The normalized spacial score (nSPS) is 16.5. The molecule has 1 aliphatic carbocycles. The highest BCUT2D eigenvalue weighted by Crippen LogP contribution is 2.35. The molecule has 2 aliphatic rings. The highest BCUT2D eigenvalue weighted by molar-refractivity contribution is 6.33. The van der Waals surface area contributed by atoms with Crippen LogP contribution < -0.4 is 31.9 Å². The molecule has 0 bridgehead atoms. The lowest BCUT2D eigenvalue weighted by atomic mass is 9.91. The first-order valence-corrected chi connectivity index (χ1v) is 31.1. The number of rotatable bonds is 20. The Morgan fingerprint density at radius 3 is 1.55 bits per heavy atom. The van der Waals surface area contributed by atoms with Gasteiger partial charge in [0.2, 0.25) is 23.7 Å². The molecule has 5 amide bonds. The van der Waals surface area contributed by atoms with Gasteiger partial charge in [0.25, 0.3) is 11.8 Å². The van der Waals surface area contributed by atoms with Crippen LogP contribution in [-0.2, 0) is 20.9 Å². The molecule has 1 saturated heterocycles. The molecule has 9 aromatic rings. The number of anilines is 4. The zero-order chi connectivity index (χ0) is 64.5. The zero-order valence-electron chi connectivity index (χ0n) is 51.5. The third-order valence-electron chi connectivity index (χ3n) is 15.4. The number of hydrogen-bond donors (Lipinski definition) is 8. The lowest BCUT2D eigenvalue weighted by molar-refractivity contribution is -0.112. The number of nitrogens with zero attached hydrogens (tertiary/aromatic N) is 7. The third kappa shape index (κ3) is 17.9.